The minimum absolute atomic E-state index is 0. The van der Waals surface area contributed by atoms with Gasteiger partial charge in [0.15, 0.2) is 15.8 Å². The molecule has 0 atom stereocenters. The average Bonchev–Trinajstić information content (AvgIpc) is 2.54. The van der Waals surface area contributed by atoms with Gasteiger partial charge in [-0.05, 0) is 37.3 Å². The van der Waals surface area contributed by atoms with Crippen LogP contribution in [-0.4, -0.2) is 40.3 Å². The van der Waals surface area contributed by atoms with E-state index in [4.69, 9.17) is 0 Å². The number of hydrogen-bond donors (Lipinski definition) is 2. The van der Waals surface area contributed by atoms with Crippen LogP contribution >= 0.6 is 24.0 Å². The Morgan fingerprint density at radius 1 is 1.08 bits per heavy atom. The molecular weight excluding hydrogens is 437 g/mol. The first kappa shape index (κ1) is 23.2. The summed E-state index contributed by atoms with van der Waals surface area (Å²) < 4.78 is 24.3. The third kappa shape index (κ3) is 9.46. The quantitative estimate of drug-likeness (QED) is 0.254. The maximum Gasteiger partial charge on any atom is 0.190 e. The van der Waals surface area contributed by atoms with E-state index in [0.29, 0.717) is 23.8 Å². The smallest absolute Gasteiger partial charge is 0.190 e. The topological polar surface area (TPSA) is 70.6 Å². The monoisotopic (exact) mass is 467 g/mol. The Labute approximate surface area is 163 Å². The second-order valence-electron chi connectivity index (χ2n) is 5.95. The molecule has 0 saturated carbocycles. The number of rotatable bonds is 9. The number of guanidine groups is 1. The molecule has 2 N–H and O–H groups in total. The average molecular weight is 467 g/mol. The molecule has 0 saturated heterocycles. The molecular formula is C17H30IN3O2S. The molecule has 7 heteroatoms. The molecule has 0 spiro atoms. The number of aliphatic imine (C=N–C) groups is 1. The van der Waals surface area contributed by atoms with E-state index in [1.807, 2.05) is 6.07 Å². The molecule has 0 unspecified atom stereocenters. The zero-order chi connectivity index (χ0) is 17.1. The Hall–Kier alpha value is -0.830. The van der Waals surface area contributed by atoms with Gasteiger partial charge in [-0.2, -0.15) is 0 Å². The second kappa shape index (κ2) is 12.5. The van der Waals surface area contributed by atoms with Gasteiger partial charge in [0, 0.05) is 20.1 Å². The molecule has 1 aromatic carbocycles. The van der Waals surface area contributed by atoms with Gasteiger partial charge in [-0.15, -0.1) is 24.0 Å². The molecule has 1 aromatic rings. The zero-order valence-electron chi connectivity index (χ0n) is 14.8. The first-order valence-corrected chi connectivity index (χ1v) is 9.83. The summed E-state index contributed by atoms with van der Waals surface area (Å²) in [5.41, 5.74) is 0. The fraction of sp³-hybridized carbons (Fsp3) is 0.588. The summed E-state index contributed by atoms with van der Waals surface area (Å²) in [4.78, 5) is 4.53. The van der Waals surface area contributed by atoms with Crippen LogP contribution in [0.4, 0.5) is 0 Å². The molecule has 0 heterocycles. The van der Waals surface area contributed by atoms with Crippen LogP contribution in [0, 0.1) is 5.92 Å². The first-order valence-electron chi connectivity index (χ1n) is 8.18. The van der Waals surface area contributed by atoms with Crippen molar-refractivity contribution < 1.29 is 8.42 Å². The van der Waals surface area contributed by atoms with Crippen LogP contribution in [0.15, 0.2) is 40.2 Å². The molecule has 0 aliphatic rings. The van der Waals surface area contributed by atoms with Crippen LogP contribution in [0.5, 0.6) is 0 Å². The summed E-state index contributed by atoms with van der Waals surface area (Å²) in [6.45, 7) is 5.87. The lowest BCUT2D eigenvalue weighted by Crippen LogP contribution is -2.38. The highest BCUT2D eigenvalue weighted by atomic mass is 127. The van der Waals surface area contributed by atoms with E-state index >= 15 is 0 Å². The van der Waals surface area contributed by atoms with Crippen LogP contribution < -0.4 is 10.6 Å². The predicted molar refractivity (Wildman–Crippen MR) is 112 cm³/mol. The highest BCUT2D eigenvalue weighted by Crippen LogP contribution is 2.10. The van der Waals surface area contributed by atoms with Gasteiger partial charge in [-0.3, -0.25) is 4.99 Å². The number of halogens is 1. The van der Waals surface area contributed by atoms with Gasteiger partial charge in [0.05, 0.1) is 10.6 Å². The SMILES string of the molecule is CN=C(NCCCC(C)C)NCCCS(=O)(=O)c1ccccc1.I. The van der Waals surface area contributed by atoms with Crippen LogP contribution in [-0.2, 0) is 9.84 Å². The van der Waals surface area contributed by atoms with Crippen LogP contribution in [0.2, 0.25) is 0 Å². The first-order chi connectivity index (χ1) is 11.0. The van der Waals surface area contributed by atoms with Crippen molar-refractivity contribution in [3.8, 4) is 0 Å². The van der Waals surface area contributed by atoms with E-state index in [9.17, 15) is 8.42 Å². The lowest BCUT2D eigenvalue weighted by molar-refractivity contribution is 0.549. The summed E-state index contributed by atoms with van der Waals surface area (Å²) in [6, 6.07) is 8.58. The molecule has 0 aliphatic heterocycles. The minimum Gasteiger partial charge on any atom is -0.356 e. The second-order valence-corrected chi connectivity index (χ2v) is 8.06. The van der Waals surface area contributed by atoms with Gasteiger partial charge < -0.3 is 10.6 Å². The van der Waals surface area contributed by atoms with E-state index in [-0.39, 0.29) is 29.7 Å². The van der Waals surface area contributed by atoms with Crippen molar-refractivity contribution in [1.29, 1.82) is 0 Å². The Balaban J connectivity index is 0.00000529. The van der Waals surface area contributed by atoms with Gasteiger partial charge in [0.25, 0.3) is 0 Å². The van der Waals surface area contributed by atoms with Gasteiger partial charge in [-0.25, -0.2) is 8.42 Å². The molecule has 5 nitrogen and oxygen atoms in total. The number of benzene rings is 1. The Kier molecular flexibility index (Phi) is 12.1. The number of nitrogens with one attached hydrogen (secondary N) is 2. The Bertz CT molecular complexity index is 575. The maximum atomic E-state index is 12.1. The number of nitrogens with zero attached hydrogens (tertiary/aromatic N) is 1. The standard InChI is InChI=1S/C17H29N3O2S.HI/c1-15(2)9-7-12-19-17(18-3)20-13-8-14-23(21,22)16-10-5-4-6-11-16;/h4-6,10-11,15H,7-9,12-14H2,1-3H3,(H2,18,19,20);1H. The van der Waals surface area contributed by atoms with Crippen molar-refractivity contribution in [3.05, 3.63) is 30.3 Å². The maximum absolute atomic E-state index is 12.1. The van der Waals surface area contributed by atoms with Crippen molar-refractivity contribution in [2.24, 2.45) is 10.9 Å². The molecule has 0 amide bonds. The number of hydrogen-bond acceptors (Lipinski definition) is 3. The third-order valence-corrected chi connectivity index (χ3v) is 5.28. The highest BCUT2D eigenvalue weighted by molar-refractivity contribution is 14.0. The lowest BCUT2D eigenvalue weighted by Gasteiger charge is -2.12. The van der Waals surface area contributed by atoms with Gasteiger partial charge in [0.1, 0.15) is 0 Å². The molecule has 0 radical (unpaired) electrons. The molecule has 138 valence electrons. The Morgan fingerprint density at radius 2 is 1.67 bits per heavy atom. The zero-order valence-corrected chi connectivity index (χ0v) is 17.9. The third-order valence-electron chi connectivity index (χ3n) is 3.46. The molecule has 1 rings (SSSR count). The van der Waals surface area contributed by atoms with Crippen LogP contribution in [0.1, 0.15) is 33.1 Å². The van der Waals surface area contributed by atoms with E-state index < -0.39 is 9.84 Å². The fourth-order valence-corrected chi connectivity index (χ4v) is 3.48. The molecule has 0 bridgehead atoms. The van der Waals surface area contributed by atoms with E-state index in [1.54, 1.807) is 31.3 Å². The molecule has 0 fully saturated rings. The van der Waals surface area contributed by atoms with Crippen molar-refractivity contribution in [1.82, 2.24) is 10.6 Å². The number of sulfone groups is 1. The van der Waals surface area contributed by atoms with E-state index in [1.165, 1.54) is 6.42 Å². The summed E-state index contributed by atoms with van der Waals surface area (Å²) >= 11 is 0. The van der Waals surface area contributed by atoms with Crippen molar-refractivity contribution in [3.63, 3.8) is 0 Å². The van der Waals surface area contributed by atoms with Crippen molar-refractivity contribution in [2.45, 2.75) is 38.0 Å². The normalized spacial score (nSPS) is 11.9. The summed E-state index contributed by atoms with van der Waals surface area (Å²) in [5.74, 6) is 1.56. The largest absolute Gasteiger partial charge is 0.356 e. The van der Waals surface area contributed by atoms with Crippen molar-refractivity contribution >= 4 is 39.8 Å². The van der Waals surface area contributed by atoms with E-state index in [0.717, 1.165) is 18.9 Å². The van der Waals surface area contributed by atoms with Gasteiger partial charge in [-0.1, -0.05) is 32.0 Å². The van der Waals surface area contributed by atoms with E-state index in [2.05, 4.69) is 29.5 Å². The van der Waals surface area contributed by atoms with Crippen molar-refractivity contribution in [2.75, 3.05) is 25.9 Å². The summed E-state index contributed by atoms with van der Waals surface area (Å²) in [7, 11) is -1.47. The van der Waals surface area contributed by atoms with Crippen LogP contribution in [0.25, 0.3) is 0 Å². The molecule has 24 heavy (non-hydrogen) atoms. The fourth-order valence-electron chi connectivity index (χ4n) is 2.15. The molecule has 0 aliphatic carbocycles. The minimum atomic E-state index is -3.20. The summed E-state index contributed by atoms with van der Waals surface area (Å²) in [6.07, 6.45) is 2.82. The Morgan fingerprint density at radius 3 is 2.21 bits per heavy atom. The molecule has 0 aromatic heterocycles. The van der Waals surface area contributed by atoms with Crippen LogP contribution in [0.3, 0.4) is 0 Å². The summed E-state index contributed by atoms with van der Waals surface area (Å²) in [5, 5.41) is 6.40. The van der Waals surface area contributed by atoms with Gasteiger partial charge >= 0.3 is 0 Å². The highest BCUT2D eigenvalue weighted by Gasteiger charge is 2.13. The lowest BCUT2D eigenvalue weighted by atomic mass is 10.1. The van der Waals surface area contributed by atoms with Gasteiger partial charge in [0.2, 0.25) is 0 Å². The predicted octanol–water partition coefficient (Wildman–Crippen LogP) is 3.07.